The van der Waals surface area contributed by atoms with Gasteiger partial charge in [0.05, 0.1) is 11.4 Å². The lowest BCUT2D eigenvalue weighted by atomic mass is 10.2. The molecule has 0 atom stereocenters. The number of likely N-dealkylation sites (N-methyl/N-ethyl adjacent to an activating group) is 1. The molecule has 0 aliphatic heterocycles. The van der Waals surface area contributed by atoms with Gasteiger partial charge in [0, 0.05) is 29.7 Å². The SMILES string of the molecule is CCN(CC(N)=NO)S(=O)(=O)c1cccc2cnccc12. The second-order valence-electron chi connectivity index (χ2n) is 4.38. The van der Waals surface area contributed by atoms with Crippen LogP contribution in [0.15, 0.2) is 46.7 Å². The predicted octanol–water partition coefficient (Wildman–Crippen LogP) is 0.992. The molecule has 112 valence electrons. The van der Waals surface area contributed by atoms with Gasteiger partial charge in [-0.05, 0) is 12.1 Å². The summed E-state index contributed by atoms with van der Waals surface area (Å²) in [6.07, 6.45) is 3.15. The van der Waals surface area contributed by atoms with Crippen molar-refractivity contribution in [2.45, 2.75) is 11.8 Å². The fraction of sp³-hybridized carbons (Fsp3) is 0.231. The molecule has 0 aliphatic carbocycles. The van der Waals surface area contributed by atoms with Gasteiger partial charge in [-0.3, -0.25) is 4.98 Å². The van der Waals surface area contributed by atoms with E-state index in [0.29, 0.717) is 5.39 Å². The van der Waals surface area contributed by atoms with E-state index in [1.165, 1.54) is 6.07 Å². The molecule has 0 saturated carbocycles. The van der Waals surface area contributed by atoms with Crippen molar-refractivity contribution >= 4 is 26.6 Å². The van der Waals surface area contributed by atoms with Crippen LogP contribution in [0.25, 0.3) is 10.8 Å². The molecule has 1 aromatic carbocycles. The summed E-state index contributed by atoms with van der Waals surface area (Å²) >= 11 is 0. The average molecular weight is 308 g/mol. The number of hydrogen-bond acceptors (Lipinski definition) is 5. The summed E-state index contributed by atoms with van der Waals surface area (Å²) < 4.78 is 26.6. The van der Waals surface area contributed by atoms with Crippen LogP contribution in [0.4, 0.5) is 0 Å². The standard InChI is InChI=1S/C13H16N4O3S/c1-2-17(9-13(14)16-18)21(19,20)12-5-3-4-10-8-15-7-6-11(10)12/h3-8,18H,2,9H2,1H3,(H2,14,16). The van der Waals surface area contributed by atoms with Gasteiger partial charge < -0.3 is 10.9 Å². The lowest BCUT2D eigenvalue weighted by Gasteiger charge is -2.20. The zero-order valence-corrected chi connectivity index (χ0v) is 12.3. The van der Waals surface area contributed by atoms with Gasteiger partial charge >= 0.3 is 0 Å². The first-order valence-electron chi connectivity index (χ1n) is 6.30. The first-order chi connectivity index (χ1) is 10.0. The Morgan fingerprint density at radius 1 is 1.43 bits per heavy atom. The van der Waals surface area contributed by atoms with Crippen molar-refractivity contribution in [3.8, 4) is 0 Å². The zero-order chi connectivity index (χ0) is 15.5. The molecule has 2 rings (SSSR count). The highest BCUT2D eigenvalue weighted by Gasteiger charge is 2.25. The molecule has 8 heteroatoms. The number of hydrogen-bond donors (Lipinski definition) is 2. The van der Waals surface area contributed by atoms with Crippen molar-refractivity contribution in [1.82, 2.24) is 9.29 Å². The van der Waals surface area contributed by atoms with E-state index in [9.17, 15) is 8.42 Å². The fourth-order valence-electron chi connectivity index (χ4n) is 2.04. The zero-order valence-electron chi connectivity index (χ0n) is 11.5. The molecule has 0 fully saturated rings. The van der Waals surface area contributed by atoms with Gasteiger partial charge in [-0.15, -0.1) is 0 Å². The summed E-state index contributed by atoms with van der Waals surface area (Å²) in [5, 5.41) is 12.8. The van der Waals surface area contributed by atoms with Crippen LogP contribution in [0.1, 0.15) is 6.92 Å². The molecule has 1 heterocycles. The Labute approximate surface area is 122 Å². The number of rotatable bonds is 5. The summed E-state index contributed by atoms with van der Waals surface area (Å²) in [5.74, 6) is -0.165. The maximum absolute atomic E-state index is 12.7. The Morgan fingerprint density at radius 2 is 2.19 bits per heavy atom. The van der Waals surface area contributed by atoms with Crippen LogP contribution in [0, 0.1) is 0 Å². The molecule has 0 bridgehead atoms. The van der Waals surface area contributed by atoms with Crippen molar-refractivity contribution in [2.75, 3.05) is 13.1 Å². The average Bonchev–Trinajstić information content (AvgIpc) is 2.51. The van der Waals surface area contributed by atoms with E-state index < -0.39 is 10.0 Å². The first-order valence-corrected chi connectivity index (χ1v) is 7.74. The van der Waals surface area contributed by atoms with Gasteiger partial charge in [0.15, 0.2) is 5.84 Å². The highest BCUT2D eigenvalue weighted by molar-refractivity contribution is 7.89. The fourth-order valence-corrected chi connectivity index (χ4v) is 3.67. The molecular formula is C13H16N4O3S. The molecule has 2 aromatic rings. The lowest BCUT2D eigenvalue weighted by Crippen LogP contribution is -2.38. The van der Waals surface area contributed by atoms with Crippen LogP contribution in [0.5, 0.6) is 0 Å². The molecule has 7 nitrogen and oxygen atoms in total. The van der Waals surface area contributed by atoms with Crippen molar-refractivity contribution in [3.05, 3.63) is 36.7 Å². The third-order valence-electron chi connectivity index (χ3n) is 3.08. The molecule has 21 heavy (non-hydrogen) atoms. The number of fused-ring (bicyclic) bond motifs is 1. The number of nitrogens with two attached hydrogens (primary N) is 1. The van der Waals surface area contributed by atoms with E-state index >= 15 is 0 Å². The van der Waals surface area contributed by atoms with Gasteiger partial charge in [0.2, 0.25) is 10.0 Å². The van der Waals surface area contributed by atoms with E-state index in [1.54, 1.807) is 37.5 Å². The van der Waals surface area contributed by atoms with E-state index in [-0.39, 0.29) is 23.8 Å². The molecule has 1 aromatic heterocycles. The van der Waals surface area contributed by atoms with Crippen LogP contribution in [-0.4, -0.2) is 41.8 Å². The number of aromatic nitrogens is 1. The second kappa shape index (κ2) is 6.06. The molecule has 0 amide bonds. The topological polar surface area (TPSA) is 109 Å². The van der Waals surface area contributed by atoms with Gasteiger partial charge in [-0.2, -0.15) is 4.31 Å². The summed E-state index contributed by atoms with van der Waals surface area (Å²) in [4.78, 5) is 4.16. The highest BCUT2D eigenvalue weighted by Crippen LogP contribution is 2.24. The summed E-state index contributed by atoms with van der Waals surface area (Å²) in [7, 11) is -3.75. The minimum Gasteiger partial charge on any atom is -0.409 e. The van der Waals surface area contributed by atoms with Crippen LogP contribution in [-0.2, 0) is 10.0 Å². The van der Waals surface area contributed by atoms with Crippen LogP contribution < -0.4 is 5.73 Å². The van der Waals surface area contributed by atoms with Gasteiger partial charge in [0.1, 0.15) is 0 Å². The van der Waals surface area contributed by atoms with Crippen LogP contribution in [0.3, 0.4) is 0 Å². The first kappa shape index (κ1) is 15.2. The number of oxime groups is 1. The molecule has 0 aliphatic rings. The molecule has 0 unspecified atom stereocenters. The number of benzene rings is 1. The van der Waals surface area contributed by atoms with Crippen LogP contribution in [0.2, 0.25) is 0 Å². The Balaban J connectivity index is 2.55. The second-order valence-corrected chi connectivity index (χ2v) is 6.28. The highest BCUT2D eigenvalue weighted by atomic mass is 32.2. The lowest BCUT2D eigenvalue weighted by molar-refractivity contribution is 0.315. The third-order valence-corrected chi connectivity index (χ3v) is 5.06. The monoisotopic (exact) mass is 308 g/mol. The number of pyridine rings is 1. The Bertz CT molecular complexity index is 769. The molecular weight excluding hydrogens is 292 g/mol. The minimum absolute atomic E-state index is 0.165. The number of amidine groups is 1. The summed E-state index contributed by atoms with van der Waals surface area (Å²) in [6.45, 7) is 1.73. The van der Waals surface area contributed by atoms with E-state index in [2.05, 4.69) is 10.1 Å². The quantitative estimate of drug-likeness (QED) is 0.370. The van der Waals surface area contributed by atoms with Crippen molar-refractivity contribution < 1.29 is 13.6 Å². The van der Waals surface area contributed by atoms with Crippen molar-refractivity contribution in [3.63, 3.8) is 0 Å². The maximum atomic E-state index is 12.7. The Morgan fingerprint density at radius 3 is 2.86 bits per heavy atom. The Hall–Kier alpha value is -2.19. The molecule has 0 spiro atoms. The molecule has 0 radical (unpaired) electrons. The largest absolute Gasteiger partial charge is 0.409 e. The molecule has 3 N–H and O–H groups in total. The van der Waals surface area contributed by atoms with Crippen molar-refractivity contribution in [1.29, 1.82) is 0 Å². The predicted molar refractivity (Wildman–Crippen MR) is 79.6 cm³/mol. The normalized spacial score (nSPS) is 13.0. The summed E-state index contributed by atoms with van der Waals surface area (Å²) in [5.41, 5.74) is 5.42. The smallest absolute Gasteiger partial charge is 0.244 e. The van der Waals surface area contributed by atoms with E-state index in [0.717, 1.165) is 9.69 Å². The number of sulfonamides is 1. The van der Waals surface area contributed by atoms with E-state index in [4.69, 9.17) is 10.9 Å². The third kappa shape index (κ3) is 2.96. The molecule has 0 saturated heterocycles. The van der Waals surface area contributed by atoms with Crippen molar-refractivity contribution in [2.24, 2.45) is 10.9 Å². The Kier molecular flexibility index (Phi) is 4.39. The maximum Gasteiger partial charge on any atom is 0.244 e. The number of nitrogens with zero attached hydrogens (tertiary/aromatic N) is 3. The van der Waals surface area contributed by atoms with Crippen LogP contribution >= 0.6 is 0 Å². The van der Waals surface area contributed by atoms with Gasteiger partial charge in [-0.1, -0.05) is 24.2 Å². The van der Waals surface area contributed by atoms with Gasteiger partial charge in [0.25, 0.3) is 0 Å². The summed E-state index contributed by atoms with van der Waals surface area (Å²) in [6, 6.07) is 6.64. The minimum atomic E-state index is -3.75. The van der Waals surface area contributed by atoms with Gasteiger partial charge in [-0.25, -0.2) is 8.42 Å². The van der Waals surface area contributed by atoms with E-state index in [1.807, 2.05) is 0 Å².